The third kappa shape index (κ3) is 2.82. The molecule has 0 aliphatic carbocycles. The van der Waals surface area contributed by atoms with Gasteiger partial charge in [-0.1, -0.05) is 19.1 Å². The van der Waals surface area contributed by atoms with E-state index in [0.717, 1.165) is 18.7 Å². The molecule has 2 rings (SSSR count). The highest BCUT2D eigenvalue weighted by atomic mass is 19.1. The van der Waals surface area contributed by atoms with Crippen LogP contribution in [0, 0.1) is 5.82 Å². The largest absolute Gasteiger partial charge is 0.340 e. The first-order valence-electron chi connectivity index (χ1n) is 5.97. The SMILES string of the molecule is CCC(=O)N1CCNC(c2ccc(F)cc2)C1. The molecule has 3 nitrogen and oxygen atoms in total. The topological polar surface area (TPSA) is 32.3 Å². The molecule has 0 spiro atoms. The number of piperazine rings is 1. The van der Waals surface area contributed by atoms with Gasteiger partial charge in [0.1, 0.15) is 5.82 Å². The number of nitrogens with zero attached hydrogens (tertiary/aromatic N) is 1. The van der Waals surface area contributed by atoms with E-state index in [1.54, 1.807) is 12.1 Å². The summed E-state index contributed by atoms with van der Waals surface area (Å²) < 4.78 is 12.8. The number of nitrogens with one attached hydrogen (secondary N) is 1. The van der Waals surface area contributed by atoms with E-state index in [1.807, 2.05) is 11.8 Å². The van der Waals surface area contributed by atoms with E-state index < -0.39 is 0 Å². The van der Waals surface area contributed by atoms with Gasteiger partial charge in [0, 0.05) is 32.1 Å². The molecule has 1 aliphatic rings. The van der Waals surface area contributed by atoms with Crippen LogP contribution < -0.4 is 5.32 Å². The summed E-state index contributed by atoms with van der Waals surface area (Å²) in [6.07, 6.45) is 0.538. The van der Waals surface area contributed by atoms with Crippen LogP contribution >= 0.6 is 0 Å². The first-order chi connectivity index (χ1) is 8.20. The maximum atomic E-state index is 12.8. The summed E-state index contributed by atoms with van der Waals surface area (Å²) >= 11 is 0. The van der Waals surface area contributed by atoms with Crippen LogP contribution in [0.3, 0.4) is 0 Å². The highest BCUT2D eigenvalue weighted by Gasteiger charge is 2.23. The van der Waals surface area contributed by atoms with E-state index >= 15 is 0 Å². The second-order valence-corrected chi connectivity index (χ2v) is 4.25. The van der Waals surface area contributed by atoms with Crippen LogP contribution in [0.4, 0.5) is 4.39 Å². The molecule has 1 fully saturated rings. The summed E-state index contributed by atoms with van der Waals surface area (Å²) in [6, 6.07) is 6.56. The summed E-state index contributed by atoms with van der Waals surface area (Å²) in [4.78, 5) is 13.5. The summed E-state index contributed by atoms with van der Waals surface area (Å²) in [5.74, 6) is -0.0512. The fraction of sp³-hybridized carbons (Fsp3) is 0.462. The van der Waals surface area contributed by atoms with Gasteiger partial charge in [-0.3, -0.25) is 4.79 Å². The van der Waals surface area contributed by atoms with Gasteiger partial charge in [0.15, 0.2) is 0 Å². The van der Waals surface area contributed by atoms with Crippen molar-refractivity contribution >= 4 is 5.91 Å². The van der Waals surface area contributed by atoms with Crippen molar-refractivity contribution in [1.82, 2.24) is 10.2 Å². The Labute approximate surface area is 101 Å². The third-order valence-corrected chi connectivity index (χ3v) is 3.10. The molecule has 1 heterocycles. The van der Waals surface area contributed by atoms with Crippen LogP contribution in [0.5, 0.6) is 0 Å². The maximum Gasteiger partial charge on any atom is 0.222 e. The number of halogens is 1. The Morgan fingerprint density at radius 1 is 1.47 bits per heavy atom. The molecule has 1 saturated heterocycles. The first kappa shape index (κ1) is 12.0. The predicted molar refractivity (Wildman–Crippen MR) is 64.0 cm³/mol. The van der Waals surface area contributed by atoms with E-state index in [-0.39, 0.29) is 17.8 Å². The van der Waals surface area contributed by atoms with Crippen molar-refractivity contribution in [2.45, 2.75) is 19.4 Å². The normalized spacial score (nSPS) is 20.4. The minimum absolute atomic E-state index is 0.111. The minimum Gasteiger partial charge on any atom is -0.340 e. The van der Waals surface area contributed by atoms with Crippen molar-refractivity contribution < 1.29 is 9.18 Å². The molecule has 1 N–H and O–H groups in total. The van der Waals surface area contributed by atoms with Crippen molar-refractivity contribution in [3.05, 3.63) is 35.6 Å². The monoisotopic (exact) mass is 236 g/mol. The van der Waals surface area contributed by atoms with Crippen molar-refractivity contribution in [1.29, 1.82) is 0 Å². The lowest BCUT2D eigenvalue weighted by Gasteiger charge is -2.33. The summed E-state index contributed by atoms with van der Waals surface area (Å²) in [6.45, 7) is 4.08. The van der Waals surface area contributed by atoms with Crippen LogP contribution in [-0.4, -0.2) is 30.4 Å². The summed E-state index contributed by atoms with van der Waals surface area (Å²) in [5.41, 5.74) is 1.03. The summed E-state index contributed by atoms with van der Waals surface area (Å²) in [7, 11) is 0. The van der Waals surface area contributed by atoms with Gasteiger partial charge >= 0.3 is 0 Å². The van der Waals surface area contributed by atoms with Gasteiger partial charge in [-0.15, -0.1) is 0 Å². The Morgan fingerprint density at radius 2 is 2.18 bits per heavy atom. The zero-order valence-electron chi connectivity index (χ0n) is 9.95. The highest BCUT2D eigenvalue weighted by Crippen LogP contribution is 2.18. The zero-order chi connectivity index (χ0) is 12.3. The number of hydrogen-bond donors (Lipinski definition) is 1. The molecule has 1 aromatic carbocycles. The Morgan fingerprint density at radius 3 is 2.82 bits per heavy atom. The molecule has 1 amide bonds. The van der Waals surface area contributed by atoms with E-state index in [0.29, 0.717) is 13.0 Å². The predicted octanol–water partition coefficient (Wildman–Crippen LogP) is 1.71. The van der Waals surface area contributed by atoms with Gasteiger partial charge in [0.25, 0.3) is 0 Å². The zero-order valence-corrected chi connectivity index (χ0v) is 9.95. The van der Waals surface area contributed by atoms with Gasteiger partial charge < -0.3 is 10.2 Å². The molecule has 0 aromatic heterocycles. The molecule has 1 aliphatic heterocycles. The molecule has 0 bridgehead atoms. The van der Waals surface area contributed by atoms with Gasteiger partial charge in [0.2, 0.25) is 5.91 Å². The molecule has 1 unspecified atom stereocenters. The molecule has 4 heteroatoms. The lowest BCUT2D eigenvalue weighted by molar-refractivity contribution is -0.132. The van der Waals surface area contributed by atoms with Gasteiger partial charge in [-0.2, -0.15) is 0 Å². The molecule has 0 radical (unpaired) electrons. The second-order valence-electron chi connectivity index (χ2n) is 4.25. The smallest absolute Gasteiger partial charge is 0.222 e. The third-order valence-electron chi connectivity index (χ3n) is 3.10. The first-order valence-corrected chi connectivity index (χ1v) is 5.97. The standard InChI is InChI=1S/C13H17FN2O/c1-2-13(17)16-8-7-15-12(9-16)10-3-5-11(14)6-4-10/h3-6,12,15H,2,7-9H2,1H3. The van der Waals surface area contributed by atoms with E-state index in [4.69, 9.17) is 0 Å². The quantitative estimate of drug-likeness (QED) is 0.847. The Hall–Kier alpha value is -1.42. The van der Waals surface area contributed by atoms with Crippen molar-refractivity contribution in [3.8, 4) is 0 Å². The molecular formula is C13H17FN2O. The van der Waals surface area contributed by atoms with E-state index in [1.165, 1.54) is 12.1 Å². The Balaban J connectivity index is 2.06. The van der Waals surface area contributed by atoms with Crippen LogP contribution in [0.1, 0.15) is 24.9 Å². The lowest BCUT2D eigenvalue weighted by Crippen LogP contribution is -2.48. The van der Waals surface area contributed by atoms with Gasteiger partial charge in [0.05, 0.1) is 0 Å². The van der Waals surface area contributed by atoms with E-state index in [9.17, 15) is 9.18 Å². The van der Waals surface area contributed by atoms with E-state index in [2.05, 4.69) is 5.32 Å². The van der Waals surface area contributed by atoms with Crippen LogP contribution in [0.15, 0.2) is 24.3 Å². The van der Waals surface area contributed by atoms with Crippen molar-refractivity contribution in [3.63, 3.8) is 0 Å². The molecule has 1 atom stereocenters. The average molecular weight is 236 g/mol. The Bertz CT molecular complexity index is 391. The number of amides is 1. The second kappa shape index (κ2) is 5.27. The van der Waals surface area contributed by atoms with Crippen LogP contribution in [0.25, 0.3) is 0 Å². The number of rotatable bonds is 2. The molecular weight excluding hydrogens is 219 g/mol. The van der Waals surface area contributed by atoms with Gasteiger partial charge in [-0.05, 0) is 17.7 Å². The maximum absolute atomic E-state index is 12.8. The Kier molecular flexibility index (Phi) is 3.74. The number of carbonyl (C=O) groups excluding carboxylic acids is 1. The van der Waals surface area contributed by atoms with Crippen molar-refractivity contribution in [2.75, 3.05) is 19.6 Å². The summed E-state index contributed by atoms with van der Waals surface area (Å²) in [5, 5.41) is 3.35. The number of benzene rings is 1. The fourth-order valence-electron chi connectivity index (χ4n) is 2.12. The van der Waals surface area contributed by atoms with Crippen molar-refractivity contribution in [2.24, 2.45) is 0 Å². The van der Waals surface area contributed by atoms with Crippen LogP contribution in [0.2, 0.25) is 0 Å². The molecule has 17 heavy (non-hydrogen) atoms. The minimum atomic E-state index is -0.231. The average Bonchev–Trinajstić information content (AvgIpc) is 2.39. The molecule has 92 valence electrons. The molecule has 0 saturated carbocycles. The van der Waals surface area contributed by atoms with Crippen LogP contribution in [-0.2, 0) is 4.79 Å². The van der Waals surface area contributed by atoms with Gasteiger partial charge in [-0.25, -0.2) is 4.39 Å². The lowest BCUT2D eigenvalue weighted by atomic mass is 10.0. The molecule has 1 aromatic rings. The fourth-order valence-corrected chi connectivity index (χ4v) is 2.12. The number of carbonyl (C=O) groups is 1. The number of hydrogen-bond acceptors (Lipinski definition) is 2. The highest BCUT2D eigenvalue weighted by molar-refractivity contribution is 5.76.